The third-order valence-electron chi connectivity index (χ3n) is 2.70. The van der Waals surface area contributed by atoms with Gasteiger partial charge in [-0.15, -0.1) is 0 Å². The maximum absolute atomic E-state index is 11.9. The van der Waals surface area contributed by atoms with E-state index in [0.717, 1.165) is 0 Å². The van der Waals surface area contributed by atoms with Crippen LogP contribution in [-0.2, 0) is 9.53 Å². The molecule has 7 heteroatoms. The van der Waals surface area contributed by atoms with Crippen LogP contribution in [0.2, 0.25) is 5.02 Å². The molecule has 0 bridgehead atoms. The number of rotatable bonds is 8. The Morgan fingerprint density at radius 1 is 1.52 bits per heavy atom. The van der Waals surface area contributed by atoms with Crippen LogP contribution in [0.4, 0.5) is 0 Å². The van der Waals surface area contributed by atoms with Gasteiger partial charge in [-0.2, -0.15) is 0 Å². The maximum atomic E-state index is 11.9. The molecule has 2 N–H and O–H groups in total. The summed E-state index contributed by atoms with van der Waals surface area (Å²) in [5.41, 5.74) is 0. The summed E-state index contributed by atoms with van der Waals surface area (Å²) in [6.07, 6.45) is -0.810. The van der Waals surface area contributed by atoms with Crippen molar-refractivity contribution in [1.82, 2.24) is 5.32 Å². The largest absolute Gasteiger partial charge is 0.480 e. The van der Waals surface area contributed by atoms with Crippen molar-refractivity contribution in [1.29, 1.82) is 0 Å². The van der Waals surface area contributed by atoms with Crippen molar-refractivity contribution in [3.63, 3.8) is 0 Å². The van der Waals surface area contributed by atoms with E-state index in [9.17, 15) is 9.90 Å². The number of halogens is 2. The van der Waals surface area contributed by atoms with E-state index in [2.05, 4.69) is 21.2 Å². The lowest BCUT2D eigenvalue weighted by atomic mass is 10.2. The average molecular weight is 381 g/mol. The van der Waals surface area contributed by atoms with Gasteiger partial charge in [0.1, 0.15) is 5.75 Å². The molecular weight excluding hydrogens is 362 g/mol. The first-order chi connectivity index (χ1) is 9.93. The molecule has 1 aromatic rings. The third kappa shape index (κ3) is 6.65. The van der Waals surface area contributed by atoms with Gasteiger partial charge in [0.15, 0.2) is 6.10 Å². The van der Waals surface area contributed by atoms with Crippen molar-refractivity contribution >= 4 is 33.4 Å². The molecule has 21 heavy (non-hydrogen) atoms. The van der Waals surface area contributed by atoms with Gasteiger partial charge in [-0.05, 0) is 47.5 Å². The highest BCUT2D eigenvalue weighted by molar-refractivity contribution is 9.10. The number of hydrogen-bond acceptors (Lipinski definition) is 4. The molecule has 2 unspecified atom stereocenters. The first kappa shape index (κ1) is 18.2. The molecule has 0 fully saturated rings. The van der Waals surface area contributed by atoms with E-state index >= 15 is 0 Å². The topological polar surface area (TPSA) is 67.8 Å². The lowest BCUT2D eigenvalue weighted by Gasteiger charge is -2.16. The van der Waals surface area contributed by atoms with E-state index in [-0.39, 0.29) is 12.5 Å². The van der Waals surface area contributed by atoms with Crippen LogP contribution in [0, 0.1) is 0 Å². The van der Waals surface area contributed by atoms with Crippen molar-refractivity contribution in [2.75, 3.05) is 20.3 Å². The van der Waals surface area contributed by atoms with Crippen molar-refractivity contribution in [3.8, 4) is 5.75 Å². The minimum absolute atomic E-state index is 0.249. The van der Waals surface area contributed by atoms with Gasteiger partial charge in [0.25, 0.3) is 5.91 Å². The molecule has 0 saturated carbocycles. The molecule has 1 amide bonds. The van der Waals surface area contributed by atoms with Gasteiger partial charge in [-0.1, -0.05) is 11.6 Å². The molecule has 118 valence electrons. The number of aliphatic hydroxyl groups excluding tert-OH is 1. The highest BCUT2D eigenvalue weighted by Gasteiger charge is 2.16. The lowest BCUT2D eigenvalue weighted by molar-refractivity contribution is -0.127. The van der Waals surface area contributed by atoms with E-state index in [4.69, 9.17) is 21.1 Å². The highest BCUT2D eigenvalue weighted by atomic mass is 79.9. The van der Waals surface area contributed by atoms with Crippen molar-refractivity contribution in [3.05, 3.63) is 27.7 Å². The fourth-order valence-corrected chi connectivity index (χ4v) is 2.37. The van der Waals surface area contributed by atoms with Crippen LogP contribution < -0.4 is 10.1 Å². The number of methoxy groups -OCH3 is 1. The predicted octanol–water partition coefficient (Wildman–Crippen LogP) is 2.38. The Morgan fingerprint density at radius 3 is 2.86 bits per heavy atom. The number of nitrogens with one attached hydrogen (secondary N) is 1. The Bertz CT molecular complexity index is 472. The number of benzene rings is 1. The molecule has 0 aliphatic heterocycles. The Morgan fingerprint density at radius 2 is 2.24 bits per heavy atom. The molecule has 0 aliphatic rings. The van der Waals surface area contributed by atoms with Gasteiger partial charge in [0.2, 0.25) is 0 Å². The summed E-state index contributed by atoms with van der Waals surface area (Å²) in [5.74, 6) is 0.294. The standard InChI is InChI=1S/C14H19BrClNO4/c1-9(14(19)17-6-5-11(18)8-20-2)21-13-4-3-10(16)7-12(13)15/h3-4,7,9,11,18H,5-6,8H2,1-2H3,(H,17,19). The van der Waals surface area contributed by atoms with Gasteiger partial charge >= 0.3 is 0 Å². The molecule has 5 nitrogen and oxygen atoms in total. The second kappa shape index (κ2) is 9.25. The summed E-state index contributed by atoms with van der Waals surface area (Å²) in [4.78, 5) is 11.9. The normalized spacial score (nSPS) is 13.6. The zero-order valence-corrected chi connectivity index (χ0v) is 14.3. The van der Waals surface area contributed by atoms with Crippen LogP contribution in [0.1, 0.15) is 13.3 Å². The van der Waals surface area contributed by atoms with Gasteiger partial charge in [-0.3, -0.25) is 4.79 Å². The first-order valence-corrected chi connectivity index (χ1v) is 7.67. The minimum Gasteiger partial charge on any atom is -0.480 e. The zero-order chi connectivity index (χ0) is 15.8. The first-order valence-electron chi connectivity index (χ1n) is 6.50. The number of hydrogen-bond donors (Lipinski definition) is 2. The summed E-state index contributed by atoms with van der Waals surface area (Å²) >= 11 is 9.17. The molecule has 0 aliphatic carbocycles. The van der Waals surface area contributed by atoms with E-state index < -0.39 is 12.2 Å². The fourth-order valence-electron chi connectivity index (χ4n) is 1.60. The second-order valence-corrected chi connectivity index (χ2v) is 5.81. The second-order valence-electron chi connectivity index (χ2n) is 4.52. The quantitative estimate of drug-likeness (QED) is 0.726. The smallest absolute Gasteiger partial charge is 0.260 e. The molecule has 0 heterocycles. The summed E-state index contributed by atoms with van der Waals surface area (Å²) in [6.45, 7) is 2.26. The monoisotopic (exact) mass is 379 g/mol. The molecular formula is C14H19BrClNO4. The molecule has 1 rings (SSSR count). The Kier molecular flexibility index (Phi) is 8.03. The summed E-state index contributed by atoms with van der Waals surface area (Å²) in [5, 5.41) is 12.8. The van der Waals surface area contributed by atoms with E-state index in [1.54, 1.807) is 25.1 Å². The summed E-state index contributed by atoms with van der Waals surface area (Å²) < 4.78 is 11.1. The third-order valence-corrected chi connectivity index (χ3v) is 3.56. The van der Waals surface area contributed by atoms with Crippen molar-refractivity contribution in [2.45, 2.75) is 25.6 Å². The van der Waals surface area contributed by atoms with Gasteiger partial charge in [0, 0.05) is 18.7 Å². The predicted molar refractivity (Wildman–Crippen MR) is 84.8 cm³/mol. The summed E-state index contributed by atoms with van der Waals surface area (Å²) in [6, 6.07) is 5.08. The Labute approximate surface area is 137 Å². The SMILES string of the molecule is COCC(O)CCNC(=O)C(C)Oc1ccc(Cl)cc1Br. The zero-order valence-electron chi connectivity index (χ0n) is 11.9. The molecule has 2 atom stereocenters. The van der Waals surface area contributed by atoms with Gasteiger partial charge in [-0.25, -0.2) is 0 Å². The number of amides is 1. The summed E-state index contributed by atoms with van der Waals surface area (Å²) in [7, 11) is 1.52. The van der Waals surface area contributed by atoms with Crippen molar-refractivity contribution in [2.24, 2.45) is 0 Å². The number of carbonyl (C=O) groups is 1. The van der Waals surface area contributed by atoms with Crippen LogP contribution >= 0.6 is 27.5 Å². The Hall–Kier alpha value is -0.820. The lowest BCUT2D eigenvalue weighted by Crippen LogP contribution is -2.38. The van der Waals surface area contributed by atoms with E-state index in [0.29, 0.717) is 28.2 Å². The average Bonchev–Trinajstić information content (AvgIpc) is 2.42. The molecule has 0 radical (unpaired) electrons. The maximum Gasteiger partial charge on any atom is 0.260 e. The highest BCUT2D eigenvalue weighted by Crippen LogP contribution is 2.28. The van der Waals surface area contributed by atoms with Crippen LogP contribution in [0.15, 0.2) is 22.7 Å². The number of ether oxygens (including phenoxy) is 2. The van der Waals surface area contributed by atoms with Crippen LogP contribution in [0.5, 0.6) is 5.75 Å². The number of carbonyl (C=O) groups excluding carboxylic acids is 1. The molecule has 0 saturated heterocycles. The van der Waals surface area contributed by atoms with Crippen LogP contribution in [0.3, 0.4) is 0 Å². The van der Waals surface area contributed by atoms with Gasteiger partial charge < -0.3 is 19.9 Å². The van der Waals surface area contributed by atoms with E-state index in [1.807, 2.05) is 0 Å². The van der Waals surface area contributed by atoms with E-state index in [1.165, 1.54) is 7.11 Å². The fraction of sp³-hybridized carbons (Fsp3) is 0.500. The Balaban J connectivity index is 2.40. The molecule has 1 aromatic carbocycles. The minimum atomic E-state index is -0.651. The van der Waals surface area contributed by atoms with Gasteiger partial charge in [0.05, 0.1) is 17.2 Å². The van der Waals surface area contributed by atoms with Crippen LogP contribution in [-0.4, -0.2) is 43.5 Å². The van der Waals surface area contributed by atoms with Crippen molar-refractivity contribution < 1.29 is 19.4 Å². The molecule has 0 aromatic heterocycles. The van der Waals surface area contributed by atoms with Crippen LogP contribution in [0.25, 0.3) is 0 Å². The number of aliphatic hydroxyl groups is 1. The molecule has 0 spiro atoms.